The van der Waals surface area contributed by atoms with E-state index in [4.69, 9.17) is 11.6 Å². The Labute approximate surface area is 110 Å². The highest BCUT2D eigenvalue weighted by atomic mass is 35.5. The first-order valence-electron chi connectivity index (χ1n) is 5.16. The summed E-state index contributed by atoms with van der Waals surface area (Å²) in [6.07, 6.45) is 0. The number of hydrogen-bond acceptors (Lipinski definition) is 3. The molecule has 2 aromatic heterocycles. The molecule has 0 atom stereocenters. The van der Waals surface area contributed by atoms with Crippen LogP contribution in [0, 0.1) is 0 Å². The normalized spacial score (nSPS) is 10.9. The minimum Gasteiger partial charge on any atom is -0.306 e. The van der Waals surface area contributed by atoms with Crippen molar-refractivity contribution >= 4 is 33.2 Å². The summed E-state index contributed by atoms with van der Waals surface area (Å²) in [6.45, 7) is 0. The molecular formula is C12H7ClN2O2S. The Hall–Kier alpha value is -1.85. The van der Waals surface area contributed by atoms with E-state index in [0.717, 1.165) is 10.4 Å². The molecule has 0 aliphatic carbocycles. The predicted octanol–water partition coefficient (Wildman–Crippen LogP) is 2.60. The Balaban J connectivity index is 2.33. The Kier molecular flexibility index (Phi) is 2.57. The maximum atomic E-state index is 11.6. The van der Waals surface area contributed by atoms with Crippen LogP contribution in [0.3, 0.4) is 0 Å². The molecule has 1 aromatic carbocycles. The summed E-state index contributed by atoms with van der Waals surface area (Å²) < 4.78 is 0.490. The lowest BCUT2D eigenvalue weighted by atomic mass is 10.2. The van der Waals surface area contributed by atoms with Gasteiger partial charge in [-0.1, -0.05) is 29.8 Å². The van der Waals surface area contributed by atoms with Crippen molar-refractivity contribution in [3.8, 4) is 10.4 Å². The Morgan fingerprint density at radius 1 is 1.11 bits per heavy atom. The van der Waals surface area contributed by atoms with Crippen molar-refractivity contribution in [2.24, 2.45) is 0 Å². The lowest BCUT2D eigenvalue weighted by Gasteiger charge is -1.98. The average molecular weight is 279 g/mol. The molecule has 0 aliphatic heterocycles. The molecule has 0 spiro atoms. The molecule has 3 aromatic rings. The summed E-state index contributed by atoms with van der Waals surface area (Å²) >= 11 is 7.41. The SMILES string of the molecule is O=c1[nH]c(=O)c2sc(-c3ccccc3Cl)cc2[nH]1. The van der Waals surface area contributed by atoms with E-state index in [9.17, 15) is 9.59 Å². The summed E-state index contributed by atoms with van der Waals surface area (Å²) in [5, 5.41) is 0.614. The van der Waals surface area contributed by atoms with Crippen LogP contribution >= 0.6 is 22.9 Å². The highest BCUT2D eigenvalue weighted by Gasteiger charge is 2.10. The van der Waals surface area contributed by atoms with E-state index in [2.05, 4.69) is 9.97 Å². The third-order valence-electron chi connectivity index (χ3n) is 2.55. The first-order valence-corrected chi connectivity index (χ1v) is 6.35. The van der Waals surface area contributed by atoms with Gasteiger partial charge in [0.15, 0.2) is 0 Å². The maximum Gasteiger partial charge on any atom is 0.326 e. The van der Waals surface area contributed by atoms with Crippen LogP contribution in [0.1, 0.15) is 0 Å². The molecule has 6 heteroatoms. The third kappa shape index (κ3) is 1.77. The van der Waals surface area contributed by atoms with Gasteiger partial charge in [-0.05, 0) is 12.1 Å². The molecule has 2 N–H and O–H groups in total. The Morgan fingerprint density at radius 2 is 1.89 bits per heavy atom. The standard InChI is InChI=1S/C12H7ClN2O2S/c13-7-4-2-1-3-6(7)9-5-8-10(18-9)11(16)15-12(17)14-8/h1-5H,(H2,14,15,16,17). The van der Waals surface area contributed by atoms with Crippen LogP contribution < -0.4 is 11.2 Å². The summed E-state index contributed by atoms with van der Waals surface area (Å²) in [5.74, 6) is 0. The van der Waals surface area contributed by atoms with E-state index in [1.54, 1.807) is 12.1 Å². The van der Waals surface area contributed by atoms with Gasteiger partial charge in [-0.3, -0.25) is 9.78 Å². The van der Waals surface area contributed by atoms with Crippen LogP contribution in [0.25, 0.3) is 20.7 Å². The lowest BCUT2D eigenvalue weighted by Crippen LogP contribution is -2.20. The van der Waals surface area contributed by atoms with Gasteiger partial charge >= 0.3 is 5.69 Å². The van der Waals surface area contributed by atoms with Crippen molar-refractivity contribution in [3.05, 3.63) is 56.2 Å². The molecule has 0 amide bonds. The number of rotatable bonds is 1. The quantitative estimate of drug-likeness (QED) is 0.718. The van der Waals surface area contributed by atoms with Crippen LogP contribution in [-0.4, -0.2) is 9.97 Å². The summed E-state index contributed by atoms with van der Waals surface area (Å²) in [4.78, 5) is 28.5. The maximum absolute atomic E-state index is 11.6. The molecule has 0 bridgehead atoms. The van der Waals surface area contributed by atoms with Crippen molar-refractivity contribution < 1.29 is 0 Å². The molecule has 4 nitrogen and oxygen atoms in total. The highest BCUT2D eigenvalue weighted by Crippen LogP contribution is 2.34. The number of halogens is 1. The molecule has 0 fully saturated rings. The van der Waals surface area contributed by atoms with Crippen molar-refractivity contribution in [3.63, 3.8) is 0 Å². The number of thiophene rings is 1. The van der Waals surface area contributed by atoms with E-state index < -0.39 is 5.69 Å². The number of H-pyrrole nitrogens is 2. The number of fused-ring (bicyclic) bond motifs is 1. The highest BCUT2D eigenvalue weighted by molar-refractivity contribution is 7.22. The fraction of sp³-hybridized carbons (Fsp3) is 0. The third-order valence-corrected chi connectivity index (χ3v) is 4.05. The number of benzene rings is 1. The zero-order valence-corrected chi connectivity index (χ0v) is 10.6. The lowest BCUT2D eigenvalue weighted by molar-refractivity contribution is 1.09. The van der Waals surface area contributed by atoms with Gasteiger partial charge in [0.25, 0.3) is 5.56 Å². The molecular weight excluding hydrogens is 272 g/mol. The molecule has 0 saturated carbocycles. The van der Waals surface area contributed by atoms with E-state index >= 15 is 0 Å². The van der Waals surface area contributed by atoms with Gasteiger partial charge < -0.3 is 4.98 Å². The van der Waals surface area contributed by atoms with E-state index in [1.807, 2.05) is 18.2 Å². The number of nitrogens with one attached hydrogen (secondary N) is 2. The van der Waals surface area contributed by atoms with Gasteiger partial charge in [-0.15, -0.1) is 11.3 Å². The van der Waals surface area contributed by atoms with E-state index in [0.29, 0.717) is 15.2 Å². The van der Waals surface area contributed by atoms with Crippen molar-refractivity contribution in [1.29, 1.82) is 0 Å². The van der Waals surface area contributed by atoms with Crippen LogP contribution in [0.4, 0.5) is 0 Å². The average Bonchev–Trinajstić information content (AvgIpc) is 2.73. The van der Waals surface area contributed by atoms with Gasteiger partial charge in [-0.2, -0.15) is 0 Å². The summed E-state index contributed by atoms with van der Waals surface area (Å²) in [6, 6.07) is 9.14. The predicted molar refractivity (Wildman–Crippen MR) is 73.5 cm³/mol. The second-order valence-corrected chi connectivity index (χ2v) is 5.20. The van der Waals surface area contributed by atoms with Crippen LogP contribution in [0.2, 0.25) is 5.02 Å². The van der Waals surface area contributed by atoms with Gasteiger partial charge in [-0.25, -0.2) is 4.79 Å². The minimum atomic E-state index is -0.504. The Bertz CT molecular complexity index is 847. The summed E-state index contributed by atoms with van der Waals surface area (Å²) in [7, 11) is 0. The van der Waals surface area contributed by atoms with Crippen LogP contribution in [0.5, 0.6) is 0 Å². The smallest absolute Gasteiger partial charge is 0.306 e. The zero-order valence-electron chi connectivity index (χ0n) is 8.99. The Morgan fingerprint density at radius 3 is 2.67 bits per heavy atom. The van der Waals surface area contributed by atoms with E-state index in [1.165, 1.54) is 11.3 Å². The monoisotopic (exact) mass is 278 g/mol. The van der Waals surface area contributed by atoms with Crippen molar-refractivity contribution in [2.45, 2.75) is 0 Å². The number of hydrogen-bond donors (Lipinski definition) is 2. The van der Waals surface area contributed by atoms with Gasteiger partial charge in [0, 0.05) is 15.5 Å². The van der Waals surface area contributed by atoms with Gasteiger partial charge in [0.2, 0.25) is 0 Å². The summed E-state index contributed by atoms with van der Waals surface area (Å²) in [5.41, 5.74) is 0.498. The fourth-order valence-electron chi connectivity index (χ4n) is 1.76. The molecule has 90 valence electrons. The molecule has 18 heavy (non-hydrogen) atoms. The van der Waals surface area contributed by atoms with Crippen molar-refractivity contribution in [1.82, 2.24) is 9.97 Å². The van der Waals surface area contributed by atoms with E-state index in [-0.39, 0.29) is 5.56 Å². The number of aromatic nitrogens is 2. The molecule has 0 unspecified atom stereocenters. The second kappa shape index (κ2) is 4.12. The second-order valence-electron chi connectivity index (χ2n) is 3.74. The molecule has 0 saturated heterocycles. The molecule has 2 heterocycles. The van der Waals surface area contributed by atoms with Crippen LogP contribution in [0.15, 0.2) is 39.9 Å². The topological polar surface area (TPSA) is 65.7 Å². The van der Waals surface area contributed by atoms with Gasteiger partial charge in [0.05, 0.1) is 5.52 Å². The van der Waals surface area contributed by atoms with Gasteiger partial charge in [0.1, 0.15) is 4.70 Å². The zero-order chi connectivity index (χ0) is 12.7. The minimum absolute atomic E-state index is 0.378. The molecule has 3 rings (SSSR count). The first-order chi connectivity index (χ1) is 8.65. The molecule has 0 radical (unpaired) electrons. The van der Waals surface area contributed by atoms with Crippen molar-refractivity contribution in [2.75, 3.05) is 0 Å². The fourth-order valence-corrected chi connectivity index (χ4v) is 3.10. The molecule has 0 aliphatic rings. The largest absolute Gasteiger partial charge is 0.326 e. The first kappa shape index (κ1) is 11.3. The van der Waals surface area contributed by atoms with Crippen LogP contribution in [-0.2, 0) is 0 Å². The number of aromatic amines is 2.